The predicted octanol–water partition coefficient (Wildman–Crippen LogP) is 4.31. The summed E-state index contributed by atoms with van der Waals surface area (Å²) in [4.78, 5) is 19.4. The fourth-order valence-corrected chi connectivity index (χ4v) is 5.63. The van der Waals surface area contributed by atoms with Gasteiger partial charge in [0.25, 0.3) is 5.91 Å². The molecule has 0 unspecified atom stereocenters. The second-order valence-corrected chi connectivity index (χ2v) is 10.3. The third kappa shape index (κ3) is 4.74. The minimum Gasteiger partial charge on any atom is -0.425 e. The largest absolute Gasteiger partial charge is 0.425 e. The molecule has 2 aromatic heterocycles. The number of rotatable bonds is 7. The monoisotopic (exact) mass is 522 g/mol. The van der Waals surface area contributed by atoms with Crippen LogP contribution in [0.3, 0.4) is 0 Å². The topological polar surface area (TPSA) is 86.8 Å². The number of fused-ring (bicyclic) bond motifs is 3. The van der Waals surface area contributed by atoms with E-state index in [0.717, 1.165) is 55.7 Å². The van der Waals surface area contributed by atoms with Crippen LogP contribution in [0.2, 0.25) is 0 Å². The van der Waals surface area contributed by atoms with Crippen molar-refractivity contribution < 1.29 is 18.8 Å². The maximum atomic E-state index is 15.0. The summed E-state index contributed by atoms with van der Waals surface area (Å²) in [5.74, 6) is -0.338. The Kier molecular flexibility index (Phi) is 6.75. The van der Waals surface area contributed by atoms with E-state index in [4.69, 9.17) is 0 Å². The second kappa shape index (κ2) is 10.3. The Morgan fingerprint density at radius 1 is 1.13 bits per heavy atom. The van der Waals surface area contributed by atoms with Crippen molar-refractivity contribution in [3.63, 3.8) is 0 Å². The lowest BCUT2D eigenvalue weighted by atomic mass is 10.0. The van der Waals surface area contributed by atoms with Crippen LogP contribution in [0, 0.1) is 5.82 Å². The highest BCUT2D eigenvalue weighted by Gasteiger charge is 2.21. The number of nitrogens with one attached hydrogen (secondary N) is 2. The molecule has 1 amide bonds. The number of carbonyl (C=O) groups is 1. The van der Waals surface area contributed by atoms with Gasteiger partial charge < -0.3 is 20.7 Å². The van der Waals surface area contributed by atoms with Crippen molar-refractivity contribution in [1.82, 2.24) is 29.6 Å². The van der Waals surface area contributed by atoms with E-state index >= 15 is 4.39 Å². The van der Waals surface area contributed by atoms with Gasteiger partial charge in [-0.25, -0.2) is 13.8 Å². The molecule has 10 heteroatoms. The number of carbonyl (C=O) groups excluding carboxylic acids is 1. The van der Waals surface area contributed by atoms with Gasteiger partial charge in [0.1, 0.15) is 17.5 Å². The molecule has 0 radical (unpaired) electrons. The van der Waals surface area contributed by atoms with Crippen LogP contribution >= 0.6 is 0 Å². The Bertz CT molecular complexity index is 1470. The van der Waals surface area contributed by atoms with E-state index in [1.807, 2.05) is 6.07 Å². The lowest BCUT2D eigenvalue weighted by Crippen LogP contribution is -2.36. The number of imidazole rings is 2. The number of amides is 1. The van der Waals surface area contributed by atoms with E-state index in [1.165, 1.54) is 0 Å². The molecular formula is C28H32F2N6O2. The van der Waals surface area contributed by atoms with Gasteiger partial charge in [-0.1, -0.05) is 6.07 Å². The first-order chi connectivity index (χ1) is 18.5. The standard InChI is InChI=1S/C28H32F2N6O2/c29-20-8-13-34(14-9-20)12-2-11-32-27(37)19-5-7-25-26(16-19)36(38)28-33-24(17-35(25)28)21-6-4-18(15-22(21)30)23-3-1-10-31-23/h4-7,15-17,20,23,31,38H,1-3,8-14H2,(H,32,37)/t23-/m1/s1. The molecular weight excluding hydrogens is 490 g/mol. The molecule has 3 N–H and O–H groups in total. The lowest BCUT2D eigenvalue weighted by molar-refractivity contribution is 0.0950. The third-order valence-corrected chi connectivity index (χ3v) is 7.79. The van der Waals surface area contributed by atoms with Crippen LogP contribution in [0.1, 0.15) is 54.1 Å². The minimum absolute atomic E-state index is 0.178. The fraction of sp³-hybridized carbons (Fsp3) is 0.429. The Balaban J connectivity index is 1.15. The average Bonchev–Trinajstić information content (AvgIpc) is 3.66. The number of aromatic nitrogens is 3. The Morgan fingerprint density at radius 3 is 2.74 bits per heavy atom. The van der Waals surface area contributed by atoms with Gasteiger partial charge in [0.2, 0.25) is 5.78 Å². The van der Waals surface area contributed by atoms with Gasteiger partial charge in [-0.2, -0.15) is 0 Å². The van der Waals surface area contributed by atoms with E-state index in [-0.39, 0.29) is 23.5 Å². The summed E-state index contributed by atoms with van der Waals surface area (Å²) in [6.07, 6.45) is 5.03. The number of likely N-dealkylation sites (tertiary alicyclic amines) is 1. The molecule has 2 aliphatic rings. The summed E-state index contributed by atoms with van der Waals surface area (Å²) in [5, 5.41) is 17.1. The van der Waals surface area contributed by atoms with Gasteiger partial charge in [-0.3, -0.25) is 9.20 Å². The normalized spacial score (nSPS) is 19.1. The molecule has 4 aromatic rings. The van der Waals surface area contributed by atoms with Gasteiger partial charge in [0, 0.05) is 43.0 Å². The van der Waals surface area contributed by atoms with Crippen molar-refractivity contribution in [2.75, 3.05) is 32.7 Å². The summed E-state index contributed by atoms with van der Waals surface area (Å²) in [6, 6.07) is 10.5. The molecule has 0 aliphatic carbocycles. The number of nitrogens with zero attached hydrogens (tertiary/aromatic N) is 4. The fourth-order valence-electron chi connectivity index (χ4n) is 5.63. The zero-order chi connectivity index (χ0) is 26.2. The van der Waals surface area contributed by atoms with E-state index in [2.05, 4.69) is 20.5 Å². The highest BCUT2D eigenvalue weighted by atomic mass is 19.1. The molecule has 2 fully saturated rings. The van der Waals surface area contributed by atoms with E-state index in [0.29, 0.717) is 47.2 Å². The van der Waals surface area contributed by atoms with E-state index in [9.17, 15) is 14.4 Å². The summed E-state index contributed by atoms with van der Waals surface area (Å²) in [6.45, 7) is 3.81. The maximum Gasteiger partial charge on any atom is 0.251 e. The van der Waals surface area contributed by atoms with Crippen LogP contribution in [0.4, 0.5) is 8.78 Å². The van der Waals surface area contributed by atoms with Crippen LogP contribution in [0.5, 0.6) is 0 Å². The van der Waals surface area contributed by atoms with Crippen molar-refractivity contribution in [2.45, 2.75) is 44.3 Å². The smallest absolute Gasteiger partial charge is 0.251 e. The first-order valence-electron chi connectivity index (χ1n) is 13.4. The highest BCUT2D eigenvalue weighted by molar-refractivity contribution is 5.98. The number of hydrogen-bond donors (Lipinski definition) is 3. The molecule has 4 heterocycles. The van der Waals surface area contributed by atoms with Crippen molar-refractivity contribution in [3.05, 3.63) is 59.5 Å². The molecule has 2 aromatic carbocycles. The van der Waals surface area contributed by atoms with Gasteiger partial charge >= 0.3 is 0 Å². The van der Waals surface area contributed by atoms with E-state index < -0.39 is 6.17 Å². The average molecular weight is 523 g/mol. The SMILES string of the molecule is O=C(NCCCN1CCC(F)CC1)c1ccc2c(c1)n(O)c1nc(-c3ccc([C@H]4CCCN4)cc3F)cn21. The summed E-state index contributed by atoms with van der Waals surface area (Å²) < 4.78 is 30.9. The van der Waals surface area contributed by atoms with Crippen LogP contribution < -0.4 is 10.6 Å². The molecule has 8 nitrogen and oxygen atoms in total. The van der Waals surface area contributed by atoms with Crippen LogP contribution in [-0.4, -0.2) is 69.0 Å². The number of alkyl halides is 1. The van der Waals surface area contributed by atoms with Crippen molar-refractivity contribution in [1.29, 1.82) is 0 Å². The molecule has 2 saturated heterocycles. The summed E-state index contributed by atoms with van der Waals surface area (Å²) in [7, 11) is 0. The number of piperidine rings is 1. The Hall–Kier alpha value is -3.50. The Morgan fingerprint density at radius 2 is 1.97 bits per heavy atom. The number of hydrogen-bond acceptors (Lipinski definition) is 5. The molecule has 2 aliphatic heterocycles. The van der Waals surface area contributed by atoms with Gasteiger partial charge in [-0.05, 0) is 81.1 Å². The van der Waals surface area contributed by atoms with Gasteiger partial charge in [0.15, 0.2) is 0 Å². The molecule has 0 saturated carbocycles. The molecule has 200 valence electrons. The molecule has 38 heavy (non-hydrogen) atoms. The molecule has 0 bridgehead atoms. The zero-order valence-corrected chi connectivity index (χ0v) is 21.2. The quantitative estimate of drug-likeness (QED) is 0.249. The summed E-state index contributed by atoms with van der Waals surface area (Å²) in [5.41, 5.74) is 3.23. The first-order valence-corrected chi connectivity index (χ1v) is 13.4. The molecule has 1 atom stereocenters. The van der Waals surface area contributed by atoms with Crippen molar-refractivity contribution in [3.8, 4) is 11.3 Å². The predicted molar refractivity (Wildman–Crippen MR) is 141 cm³/mol. The third-order valence-electron chi connectivity index (χ3n) is 7.79. The van der Waals surface area contributed by atoms with Crippen LogP contribution in [-0.2, 0) is 0 Å². The minimum atomic E-state index is -0.687. The second-order valence-electron chi connectivity index (χ2n) is 10.3. The number of halogens is 2. The van der Waals surface area contributed by atoms with Crippen molar-refractivity contribution >= 4 is 22.7 Å². The lowest BCUT2D eigenvalue weighted by Gasteiger charge is -2.28. The van der Waals surface area contributed by atoms with Crippen molar-refractivity contribution in [2.24, 2.45) is 0 Å². The van der Waals surface area contributed by atoms with Gasteiger partial charge in [-0.15, -0.1) is 4.73 Å². The number of benzene rings is 2. The zero-order valence-electron chi connectivity index (χ0n) is 21.2. The van der Waals surface area contributed by atoms with Crippen LogP contribution in [0.25, 0.3) is 28.1 Å². The first kappa shape index (κ1) is 24.8. The maximum absolute atomic E-state index is 15.0. The summed E-state index contributed by atoms with van der Waals surface area (Å²) >= 11 is 0. The van der Waals surface area contributed by atoms with Gasteiger partial charge in [0.05, 0.1) is 11.2 Å². The van der Waals surface area contributed by atoms with Crippen LogP contribution in [0.15, 0.2) is 42.6 Å². The molecule has 6 rings (SSSR count). The van der Waals surface area contributed by atoms with E-state index in [1.54, 1.807) is 40.9 Å². The highest BCUT2D eigenvalue weighted by Crippen LogP contribution is 2.30. The molecule has 0 spiro atoms. The Labute approximate surface area is 219 Å².